The Hall–Kier alpha value is -0.0244. The molecule has 1 rings (SSSR count). The summed E-state index contributed by atoms with van der Waals surface area (Å²) >= 11 is -2.33. The van der Waals surface area contributed by atoms with E-state index >= 15 is 0 Å². The van der Waals surface area contributed by atoms with Crippen LogP contribution >= 0.6 is 0 Å². The van der Waals surface area contributed by atoms with Crippen LogP contribution in [-0.4, -0.2) is 27.2 Å². The van der Waals surface area contributed by atoms with Gasteiger partial charge in [-0.05, 0) is 0 Å². The van der Waals surface area contributed by atoms with Gasteiger partial charge in [-0.3, -0.25) is 0 Å². The quantitative estimate of drug-likeness (QED) is 0.286. The second-order valence-corrected chi connectivity index (χ2v) is 23.2. The molecule has 0 nitrogen and oxygen atoms in total. The summed E-state index contributed by atoms with van der Waals surface area (Å²) in [6.07, 6.45) is 8.41. The van der Waals surface area contributed by atoms with Crippen molar-refractivity contribution in [3.8, 4) is 0 Å². The molecule has 0 saturated carbocycles. The van der Waals surface area contributed by atoms with E-state index in [0.717, 1.165) is 0 Å². The van der Waals surface area contributed by atoms with Crippen molar-refractivity contribution >= 4 is 30.8 Å². The molecular weight excluding hydrogens is 411 g/mol. The van der Waals surface area contributed by atoms with E-state index in [2.05, 4.69) is 69.9 Å². The molecule has 1 radical (unpaired) electrons. The molecule has 0 fully saturated rings. The summed E-state index contributed by atoms with van der Waals surface area (Å²) < 4.78 is 6.60. The maximum absolute atomic E-state index is 2.76. The molecule has 0 N–H and O–H groups in total. The SMILES string of the molecule is CCC[CH2][Sn]([CH2]CCC)([CH2]CCC)/[C](=C\[Si](C)C)c1ccccc1. The van der Waals surface area contributed by atoms with E-state index < -0.39 is 18.4 Å². The zero-order chi connectivity index (χ0) is 17.8. The van der Waals surface area contributed by atoms with Crippen LogP contribution in [0.15, 0.2) is 36.0 Å². The molecule has 0 aliphatic rings. The third kappa shape index (κ3) is 7.07. The first-order valence-corrected chi connectivity index (χ1v) is 20.2. The van der Waals surface area contributed by atoms with Crippen LogP contribution in [0.2, 0.25) is 26.4 Å². The topological polar surface area (TPSA) is 0 Å². The molecule has 2 heteroatoms. The summed E-state index contributed by atoms with van der Waals surface area (Å²) in [5.41, 5.74) is 4.33. The molecule has 0 heterocycles. The Morgan fingerprint density at radius 1 is 0.833 bits per heavy atom. The normalized spacial score (nSPS) is 12.8. The molecule has 0 amide bonds. The second-order valence-electron chi connectivity index (χ2n) is 7.59. The summed E-state index contributed by atoms with van der Waals surface area (Å²) in [5.74, 6) is 0. The summed E-state index contributed by atoms with van der Waals surface area (Å²) in [5, 5.41) is 0. The monoisotopic (exact) mass is 451 g/mol. The van der Waals surface area contributed by atoms with Gasteiger partial charge in [-0.2, -0.15) is 0 Å². The minimum atomic E-state index is -2.33. The van der Waals surface area contributed by atoms with Gasteiger partial charge in [-0.15, -0.1) is 0 Å². The fraction of sp³-hybridized carbons (Fsp3) is 0.636. The van der Waals surface area contributed by atoms with E-state index in [0.29, 0.717) is 0 Å². The fourth-order valence-electron chi connectivity index (χ4n) is 3.77. The average Bonchev–Trinajstić information content (AvgIpc) is 2.60. The number of benzene rings is 1. The molecule has 1 aromatic carbocycles. The number of hydrogen-bond acceptors (Lipinski definition) is 0. The van der Waals surface area contributed by atoms with Gasteiger partial charge in [0.1, 0.15) is 0 Å². The predicted octanol–water partition coefficient (Wildman–Crippen LogP) is 7.75. The summed E-state index contributed by atoms with van der Waals surface area (Å²) in [7, 11) is -0.346. The van der Waals surface area contributed by atoms with Crippen molar-refractivity contribution in [1.29, 1.82) is 0 Å². The van der Waals surface area contributed by atoms with E-state index in [1.54, 1.807) is 18.9 Å². The van der Waals surface area contributed by atoms with Gasteiger partial charge < -0.3 is 0 Å². The molecular formula is C22H39SiSn. The molecule has 0 atom stereocenters. The van der Waals surface area contributed by atoms with Crippen LogP contribution in [0.3, 0.4) is 0 Å². The van der Waals surface area contributed by atoms with Gasteiger partial charge in [-0.25, -0.2) is 0 Å². The molecule has 24 heavy (non-hydrogen) atoms. The van der Waals surface area contributed by atoms with E-state index in [-0.39, 0.29) is 8.80 Å². The molecule has 0 aliphatic heterocycles. The van der Waals surface area contributed by atoms with Crippen molar-refractivity contribution < 1.29 is 0 Å². The Morgan fingerprint density at radius 3 is 1.67 bits per heavy atom. The van der Waals surface area contributed by atoms with Crippen LogP contribution in [0.5, 0.6) is 0 Å². The molecule has 1 aromatic rings. The Morgan fingerprint density at radius 2 is 1.29 bits per heavy atom. The van der Waals surface area contributed by atoms with Crippen LogP contribution in [-0.2, 0) is 0 Å². The van der Waals surface area contributed by atoms with Crippen molar-refractivity contribution in [3.05, 3.63) is 41.6 Å². The molecule has 0 aliphatic carbocycles. The first-order valence-electron chi connectivity index (χ1n) is 10.2. The van der Waals surface area contributed by atoms with E-state index in [9.17, 15) is 0 Å². The van der Waals surface area contributed by atoms with Crippen molar-refractivity contribution in [2.75, 3.05) is 0 Å². The zero-order valence-electron chi connectivity index (χ0n) is 16.8. The Bertz CT molecular complexity index is 442. The molecule has 0 saturated heterocycles. The van der Waals surface area contributed by atoms with E-state index in [4.69, 9.17) is 0 Å². The van der Waals surface area contributed by atoms with Gasteiger partial charge in [0.25, 0.3) is 0 Å². The first-order chi connectivity index (χ1) is 11.6. The minimum absolute atomic E-state index is 0.346. The van der Waals surface area contributed by atoms with Gasteiger partial charge in [0, 0.05) is 0 Å². The molecule has 0 spiro atoms. The van der Waals surface area contributed by atoms with Crippen molar-refractivity contribution in [2.24, 2.45) is 0 Å². The van der Waals surface area contributed by atoms with E-state index in [1.165, 1.54) is 38.5 Å². The maximum atomic E-state index is 2.76. The Balaban J connectivity index is 3.34. The number of hydrogen-bond donors (Lipinski definition) is 0. The Kier molecular flexibility index (Phi) is 11.3. The van der Waals surface area contributed by atoms with Crippen LogP contribution < -0.4 is 0 Å². The van der Waals surface area contributed by atoms with Gasteiger partial charge in [0.2, 0.25) is 0 Å². The third-order valence-electron chi connectivity index (χ3n) is 5.12. The standard InChI is InChI=1S/C10H12Si.3C4H9.Sn/c1-11(2)9-8-10-6-4-3-5-7-10;3*1-3-4-2;/h3-7,9H,1-2H3;3*1,3-4H2,2H3;. The first kappa shape index (κ1) is 22.0. The second kappa shape index (κ2) is 12.3. The van der Waals surface area contributed by atoms with Crippen LogP contribution in [0.4, 0.5) is 0 Å². The van der Waals surface area contributed by atoms with Crippen LogP contribution in [0.1, 0.15) is 64.9 Å². The molecule has 135 valence electrons. The van der Waals surface area contributed by atoms with E-state index in [1.807, 2.05) is 3.59 Å². The van der Waals surface area contributed by atoms with Crippen molar-refractivity contribution in [2.45, 2.75) is 85.7 Å². The molecule has 0 aromatic heterocycles. The summed E-state index contributed by atoms with van der Waals surface area (Å²) in [6, 6.07) is 11.5. The molecule has 0 unspecified atom stereocenters. The average molecular weight is 450 g/mol. The van der Waals surface area contributed by atoms with Gasteiger partial charge in [0.05, 0.1) is 0 Å². The summed E-state index contributed by atoms with van der Waals surface area (Å²) in [4.78, 5) is 0. The number of unbranched alkanes of at least 4 members (excludes halogenated alkanes) is 3. The van der Waals surface area contributed by atoms with Gasteiger partial charge >= 0.3 is 158 Å². The van der Waals surface area contributed by atoms with Crippen molar-refractivity contribution in [3.63, 3.8) is 0 Å². The molecule has 0 bridgehead atoms. The van der Waals surface area contributed by atoms with Crippen LogP contribution in [0, 0.1) is 0 Å². The van der Waals surface area contributed by atoms with Gasteiger partial charge in [0.15, 0.2) is 0 Å². The third-order valence-corrected chi connectivity index (χ3v) is 22.5. The van der Waals surface area contributed by atoms with Crippen LogP contribution in [0.25, 0.3) is 3.59 Å². The summed E-state index contributed by atoms with van der Waals surface area (Å²) in [6.45, 7) is 12.0. The zero-order valence-corrected chi connectivity index (χ0v) is 20.7. The predicted molar refractivity (Wildman–Crippen MR) is 117 cm³/mol. The number of rotatable bonds is 12. The van der Waals surface area contributed by atoms with Crippen molar-refractivity contribution in [1.82, 2.24) is 0 Å². The Labute approximate surface area is 157 Å². The van der Waals surface area contributed by atoms with Gasteiger partial charge in [-0.1, -0.05) is 0 Å². The fourth-order valence-corrected chi connectivity index (χ4v) is 25.4.